The summed E-state index contributed by atoms with van der Waals surface area (Å²) >= 11 is 0. The van der Waals surface area contributed by atoms with Crippen LogP contribution in [0.5, 0.6) is 0 Å². The van der Waals surface area contributed by atoms with E-state index in [1.165, 1.54) is 0 Å². The summed E-state index contributed by atoms with van der Waals surface area (Å²) in [5, 5.41) is 9.31. The minimum absolute atomic E-state index is 0.296. The first-order chi connectivity index (χ1) is 9.11. The molecule has 1 unspecified atom stereocenters. The first-order valence-electron chi connectivity index (χ1n) is 6.93. The van der Waals surface area contributed by atoms with Crippen molar-refractivity contribution in [3.63, 3.8) is 0 Å². The molecular weight excluding hydrogens is 240 g/mol. The van der Waals surface area contributed by atoms with Gasteiger partial charge in [0, 0.05) is 50.7 Å². The fourth-order valence-electron chi connectivity index (χ4n) is 3.55. The van der Waals surface area contributed by atoms with Gasteiger partial charge in [-0.2, -0.15) is 0 Å². The zero-order chi connectivity index (χ0) is 13.5. The lowest BCUT2D eigenvalue weighted by Gasteiger charge is -2.52. The highest BCUT2D eigenvalue weighted by Gasteiger charge is 2.51. The molecule has 19 heavy (non-hydrogen) atoms. The molecule has 0 radical (unpaired) electrons. The van der Waals surface area contributed by atoms with Crippen LogP contribution < -0.4 is 0 Å². The number of hydrogen-bond acceptors (Lipinski definition) is 5. The molecule has 1 atom stereocenters. The highest BCUT2D eigenvalue weighted by molar-refractivity contribution is 5.10. The molecule has 0 amide bonds. The molecule has 2 aliphatic heterocycles. The van der Waals surface area contributed by atoms with Crippen LogP contribution in [0.1, 0.15) is 17.8 Å². The van der Waals surface area contributed by atoms with E-state index in [0.717, 1.165) is 44.0 Å². The van der Waals surface area contributed by atoms with E-state index in [0.29, 0.717) is 18.1 Å². The largest absolute Gasteiger partial charge is 0.396 e. The van der Waals surface area contributed by atoms with Gasteiger partial charge in [-0.25, -0.2) is 0 Å². The lowest BCUT2D eigenvalue weighted by Crippen LogP contribution is -2.66. The molecule has 104 valence electrons. The van der Waals surface area contributed by atoms with E-state index in [1.807, 2.05) is 13.1 Å². The van der Waals surface area contributed by atoms with Crippen LogP contribution in [0.4, 0.5) is 0 Å². The normalized spacial score (nSPS) is 26.8. The maximum Gasteiger partial charge on any atom is 0.0730 e. The lowest BCUT2D eigenvalue weighted by molar-refractivity contribution is -0.0230. The van der Waals surface area contributed by atoms with E-state index in [9.17, 15) is 5.11 Å². The minimum atomic E-state index is 0.296. The second kappa shape index (κ2) is 4.81. The number of nitrogens with zero attached hydrogens (tertiary/aromatic N) is 4. The Morgan fingerprint density at radius 3 is 2.84 bits per heavy atom. The molecule has 3 rings (SSSR count). The van der Waals surface area contributed by atoms with Crippen LogP contribution in [0.15, 0.2) is 12.4 Å². The van der Waals surface area contributed by atoms with Crippen molar-refractivity contribution in [3.05, 3.63) is 23.8 Å². The summed E-state index contributed by atoms with van der Waals surface area (Å²) < 4.78 is 0. The van der Waals surface area contributed by atoms with Gasteiger partial charge in [0.05, 0.1) is 11.4 Å². The summed E-state index contributed by atoms with van der Waals surface area (Å²) in [7, 11) is 2.18. The Hall–Kier alpha value is -1.04. The minimum Gasteiger partial charge on any atom is -0.396 e. The Kier molecular flexibility index (Phi) is 3.28. The van der Waals surface area contributed by atoms with Gasteiger partial charge in [-0.3, -0.25) is 19.8 Å². The Morgan fingerprint density at radius 1 is 1.42 bits per heavy atom. The second-order valence-corrected chi connectivity index (χ2v) is 6.15. The first-order valence-corrected chi connectivity index (χ1v) is 6.93. The lowest BCUT2D eigenvalue weighted by atomic mass is 9.84. The fraction of sp³-hybridized carbons (Fsp3) is 0.714. The van der Waals surface area contributed by atoms with Crippen LogP contribution in [-0.4, -0.2) is 63.7 Å². The van der Waals surface area contributed by atoms with Gasteiger partial charge in [0.25, 0.3) is 0 Å². The van der Waals surface area contributed by atoms with E-state index >= 15 is 0 Å². The molecule has 1 aromatic rings. The summed E-state index contributed by atoms with van der Waals surface area (Å²) in [4.78, 5) is 13.5. The Bertz CT molecular complexity index is 459. The predicted molar refractivity (Wildman–Crippen MR) is 72.6 cm³/mol. The third kappa shape index (κ3) is 2.38. The maximum absolute atomic E-state index is 9.31. The molecule has 0 bridgehead atoms. The van der Waals surface area contributed by atoms with Crippen LogP contribution in [0.3, 0.4) is 0 Å². The maximum atomic E-state index is 9.31. The van der Waals surface area contributed by atoms with Crippen LogP contribution in [0.25, 0.3) is 0 Å². The zero-order valence-corrected chi connectivity index (χ0v) is 11.7. The van der Waals surface area contributed by atoms with E-state index in [-0.39, 0.29) is 0 Å². The van der Waals surface area contributed by atoms with Crippen molar-refractivity contribution >= 4 is 0 Å². The average molecular weight is 262 g/mol. The first kappa shape index (κ1) is 13.0. The monoisotopic (exact) mass is 262 g/mol. The summed E-state index contributed by atoms with van der Waals surface area (Å²) in [6.45, 7) is 6.36. The average Bonchev–Trinajstić information content (AvgIpc) is 2.66. The molecule has 1 aromatic heterocycles. The van der Waals surface area contributed by atoms with Gasteiger partial charge >= 0.3 is 0 Å². The van der Waals surface area contributed by atoms with E-state index in [4.69, 9.17) is 0 Å². The van der Waals surface area contributed by atoms with Gasteiger partial charge in [0.1, 0.15) is 0 Å². The van der Waals surface area contributed by atoms with Gasteiger partial charge in [0.15, 0.2) is 0 Å². The molecule has 0 aliphatic carbocycles. The number of aryl methyl sites for hydroxylation is 1. The van der Waals surface area contributed by atoms with Gasteiger partial charge in [-0.05, 0) is 26.3 Å². The number of likely N-dealkylation sites (tertiary alicyclic amines) is 2. The molecule has 2 aliphatic rings. The molecule has 0 aromatic carbocycles. The number of aromatic nitrogens is 2. The molecule has 1 N–H and O–H groups in total. The van der Waals surface area contributed by atoms with Crippen molar-refractivity contribution in [1.82, 2.24) is 19.8 Å². The van der Waals surface area contributed by atoms with Gasteiger partial charge in [-0.1, -0.05) is 0 Å². The standard InChI is InChI=1S/C14H22N4O/c1-11-4-15-5-13(16-11)7-18-9-14(10-18)3-12(8-19)6-17(14)2/h4-5,12,19H,3,6-10H2,1-2H3. The summed E-state index contributed by atoms with van der Waals surface area (Å²) in [5.74, 6) is 0.450. The summed E-state index contributed by atoms with van der Waals surface area (Å²) in [5.41, 5.74) is 2.32. The van der Waals surface area contributed by atoms with Crippen LogP contribution in [0, 0.1) is 12.8 Å². The predicted octanol–water partition coefficient (Wildman–Crippen LogP) is 0.283. The Balaban J connectivity index is 1.58. The quantitative estimate of drug-likeness (QED) is 0.848. The van der Waals surface area contributed by atoms with E-state index < -0.39 is 0 Å². The molecule has 2 fully saturated rings. The molecule has 3 heterocycles. The third-order valence-corrected chi connectivity index (χ3v) is 4.49. The van der Waals surface area contributed by atoms with Gasteiger partial charge in [0.2, 0.25) is 0 Å². The SMILES string of the molecule is Cc1cncc(CN2CC3(CC(CO)CN3C)C2)n1. The highest BCUT2D eigenvalue weighted by atomic mass is 16.3. The smallest absolute Gasteiger partial charge is 0.0730 e. The van der Waals surface area contributed by atoms with Crippen molar-refractivity contribution in [3.8, 4) is 0 Å². The Labute approximate surface area is 114 Å². The third-order valence-electron chi connectivity index (χ3n) is 4.49. The number of hydrogen-bond donors (Lipinski definition) is 1. The second-order valence-electron chi connectivity index (χ2n) is 6.15. The molecular formula is C14H22N4O. The zero-order valence-electron chi connectivity index (χ0n) is 11.7. The topological polar surface area (TPSA) is 52.5 Å². The van der Waals surface area contributed by atoms with Crippen molar-refractivity contribution < 1.29 is 5.11 Å². The molecule has 5 heteroatoms. The molecule has 2 saturated heterocycles. The van der Waals surface area contributed by atoms with E-state index in [2.05, 4.69) is 26.8 Å². The fourth-order valence-corrected chi connectivity index (χ4v) is 3.55. The van der Waals surface area contributed by atoms with Crippen molar-refractivity contribution in [2.24, 2.45) is 5.92 Å². The number of aliphatic hydroxyl groups is 1. The number of rotatable bonds is 3. The van der Waals surface area contributed by atoms with E-state index in [1.54, 1.807) is 6.20 Å². The Morgan fingerprint density at radius 2 is 2.21 bits per heavy atom. The summed E-state index contributed by atoms with van der Waals surface area (Å²) in [6, 6.07) is 0. The highest BCUT2D eigenvalue weighted by Crippen LogP contribution is 2.39. The van der Waals surface area contributed by atoms with Crippen molar-refractivity contribution in [2.75, 3.05) is 33.3 Å². The summed E-state index contributed by atoms with van der Waals surface area (Å²) in [6.07, 6.45) is 4.76. The van der Waals surface area contributed by atoms with Crippen molar-refractivity contribution in [2.45, 2.75) is 25.4 Å². The number of aliphatic hydroxyl groups excluding tert-OH is 1. The molecule has 5 nitrogen and oxygen atoms in total. The van der Waals surface area contributed by atoms with Crippen LogP contribution >= 0.6 is 0 Å². The van der Waals surface area contributed by atoms with Crippen molar-refractivity contribution in [1.29, 1.82) is 0 Å². The molecule has 1 spiro atoms. The van der Waals surface area contributed by atoms with Gasteiger partial charge in [-0.15, -0.1) is 0 Å². The number of likely N-dealkylation sites (N-methyl/N-ethyl adjacent to an activating group) is 1. The van der Waals surface area contributed by atoms with Crippen LogP contribution in [-0.2, 0) is 6.54 Å². The molecule has 0 saturated carbocycles. The van der Waals surface area contributed by atoms with Crippen LogP contribution in [0.2, 0.25) is 0 Å². The van der Waals surface area contributed by atoms with Gasteiger partial charge < -0.3 is 5.11 Å².